The first-order valence-corrected chi connectivity index (χ1v) is 11.4. The van der Waals surface area contributed by atoms with Gasteiger partial charge in [-0.2, -0.15) is 26.3 Å². The van der Waals surface area contributed by atoms with E-state index in [1.54, 1.807) is 12.1 Å². The van der Waals surface area contributed by atoms with Gasteiger partial charge in [-0.1, -0.05) is 12.1 Å². The Morgan fingerprint density at radius 1 is 0.943 bits per heavy atom. The highest BCUT2D eigenvalue weighted by Crippen LogP contribution is 2.48. The van der Waals surface area contributed by atoms with Crippen LogP contribution in [-0.4, -0.2) is 42.9 Å². The first-order valence-electron chi connectivity index (χ1n) is 11.4. The Hall–Kier alpha value is -2.17. The van der Waals surface area contributed by atoms with Gasteiger partial charge in [0.05, 0.1) is 23.8 Å². The van der Waals surface area contributed by atoms with Crippen molar-refractivity contribution in [1.29, 1.82) is 0 Å². The number of aliphatic hydroxyl groups is 1. The predicted molar refractivity (Wildman–Crippen MR) is 114 cm³/mol. The molecule has 1 saturated carbocycles. The molecule has 35 heavy (non-hydrogen) atoms. The number of halogens is 7. The fourth-order valence-corrected chi connectivity index (χ4v) is 5.57. The number of nitrogens with zero attached hydrogens (tertiary/aromatic N) is 1. The molecule has 0 radical (unpaired) electrons. The summed E-state index contributed by atoms with van der Waals surface area (Å²) in [6.07, 6.45) is -10.7. The highest BCUT2D eigenvalue weighted by atomic mass is 19.4. The molecule has 0 spiro atoms. The lowest BCUT2D eigenvalue weighted by molar-refractivity contribution is -0.143. The molecule has 5 atom stereocenters. The minimum absolute atomic E-state index is 0.0544. The number of alkyl halides is 6. The Labute approximate surface area is 198 Å². The molecular weight excluding hydrogens is 479 g/mol. The number of likely N-dealkylation sites (tertiary alicyclic amines) is 1. The van der Waals surface area contributed by atoms with Gasteiger partial charge in [0, 0.05) is 19.0 Å². The zero-order valence-corrected chi connectivity index (χ0v) is 18.9. The van der Waals surface area contributed by atoms with E-state index >= 15 is 0 Å². The molecule has 0 aromatic heterocycles. The lowest BCUT2D eigenvalue weighted by Gasteiger charge is -2.41. The lowest BCUT2D eigenvalue weighted by Crippen LogP contribution is -2.38. The summed E-state index contributed by atoms with van der Waals surface area (Å²) < 4.78 is 99.8. The van der Waals surface area contributed by atoms with E-state index in [0.717, 1.165) is 25.1 Å². The van der Waals surface area contributed by atoms with Crippen molar-refractivity contribution in [2.75, 3.05) is 26.7 Å². The molecule has 1 saturated heterocycles. The molecule has 0 amide bonds. The molecule has 2 fully saturated rings. The number of fused-ring (bicyclic) bond motifs is 1. The third kappa shape index (κ3) is 5.65. The average Bonchev–Trinajstić information content (AvgIpc) is 3.16. The van der Waals surface area contributed by atoms with Crippen molar-refractivity contribution in [2.45, 2.75) is 43.3 Å². The van der Waals surface area contributed by atoms with Gasteiger partial charge in [-0.25, -0.2) is 4.39 Å². The van der Waals surface area contributed by atoms with E-state index in [2.05, 4.69) is 4.90 Å². The molecule has 1 aliphatic carbocycles. The molecule has 2 aromatic carbocycles. The number of rotatable bonds is 5. The van der Waals surface area contributed by atoms with E-state index in [9.17, 15) is 35.8 Å². The maximum atomic E-state index is 13.6. The number of aliphatic hydroxyl groups excluding tert-OH is 1. The second-order valence-electron chi connectivity index (χ2n) is 9.48. The van der Waals surface area contributed by atoms with Crippen LogP contribution in [0.3, 0.4) is 0 Å². The first kappa shape index (κ1) is 25.9. The zero-order valence-electron chi connectivity index (χ0n) is 18.9. The summed E-state index contributed by atoms with van der Waals surface area (Å²) in [6.45, 7) is 0.804. The van der Waals surface area contributed by atoms with E-state index in [1.807, 2.05) is 7.05 Å². The maximum Gasteiger partial charge on any atom is 0.416 e. The van der Waals surface area contributed by atoms with Crippen molar-refractivity contribution in [3.8, 4) is 0 Å². The molecule has 0 bridgehead atoms. The van der Waals surface area contributed by atoms with E-state index in [0.29, 0.717) is 24.5 Å². The zero-order chi connectivity index (χ0) is 25.5. The molecule has 0 unspecified atom stereocenters. The Morgan fingerprint density at radius 2 is 1.54 bits per heavy atom. The van der Waals surface area contributed by atoms with Gasteiger partial charge in [-0.3, -0.25) is 0 Å². The third-order valence-corrected chi connectivity index (χ3v) is 7.10. The summed E-state index contributed by atoms with van der Waals surface area (Å²) in [5.74, 6) is -0.205. The normalized spacial score (nSPS) is 26.5. The summed E-state index contributed by atoms with van der Waals surface area (Å²) in [5, 5.41) is 9.97. The molecule has 192 valence electrons. The maximum absolute atomic E-state index is 13.6. The van der Waals surface area contributed by atoms with E-state index in [-0.39, 0.29) is 17.9 Å². The van der Waals surface area contributed by atoms with Gasteiger partial charge in [0.1, 0.15) is 11.9 Å². The van der Waals surface area contributed by atoms with Crippen molar-refractivity contribution in [3.63, 3.8) is 0 Å². The smallest absolute Gasteiger partial charge is 0.393 e. The Morgan fingerprint density at radius 3 is 2.09 bits per heavy atom. The number of hydrogen-bond donors (Lipinski definition) is 1. The molecule has 10 heteroatoms. The Bertz CT molecular complexity index is 990. The second-order valence-corrected chi connectivity index (χ2v) is 9.48. The highest BCUT2D eigenvalue weighted by Gasteiger charge is 2.46. The van der Waals surface area contributed by atoms with Crippen LogP contribution in [0.25, 0.3) is 0 Å². The van der Waals surface area contributed by atoms with Gasteiger partial charge in [0.15, 0.2) is 0 Å². The van der Waals surface area contributed by atoms with Crippen LogP contribution in [0.15, 0.2) is 42.5 Å². The monoisotopic (exact) mass is 505 g/mol. The van der Waals surface area contributed by atoms with Gasteiger partial charge in [-0.05, 0) is 73.2 Å². The molecule has 3 nitrogen and oxygen atoms in total. The van der Waals surface area contributed by atoms with Gasteiger partial charge >= 0.3 is 12.4 Å². The van der Waals surface area contributed by atoms with Crippen molar-refractivity contribution in [3.05, 3.63) is 70.5 Å². The van der Waals surface area contributed by atoms with Crippen LogP contribution in [0, 0.1) is 17.7 Å². The summed E-state index contributed by atoms with van der Waals surface area (Å²) in [4.78, 5) is 2.17. The number of hydrogen-bond acceptors (Lipinski definition) is 3. The molecular formula is C25H26F7NO2. The van der Waals surface area contributed by atoms with Gasteiger partial charge < -0.3 is 14.7 Å². The molecule has 1 N–H and O–H groups in total. The molecule has 2 aromatic rings. The van der Waals surface area contributed by atoms with Crippen LogP contribution in [0.5, 0.6) is 0 Å². The summed E-state index contributed by atoms with van der Waals surface area (Å²) >= 11 is 0. The highest BCUT2D eigenvalue weighted by molar-refractivity contribution is 5.35. The van der Waals surface area contributed by atoms with Crippen LogP contribution in [-0.2, 0) is 17.1 Å². The standard InChI is InChI=1S/C25H26F7NO2/c1-33-11-15-4-7-21(23(20(15)12-33)14-2-5-19(26)6-3-14)35-22(13-34)16-8-17(24(27,28)29)10-18(9-16)25(30,31)32/h2-3,5-6,8-10,15,20-23,34H,4,7,11-13H2,1H3/t15-,20-,21+,22-,23+/m1/s1. The molecule has 1 aliphatic heterocycles. The van der Waals surface area contributed by atoms with E-state index in [1.165, 1.54) is 12.1 Å². The first-order chi connectivity index (χ1) is 16.4. The van der Waals surface area contributed by atoms with E-state index < -0.39 is 53.7 Å². The minimum atomic E-state index is -5.00. The van der Waals surface area contributed by atoms with Crippen LogP contribution in [0.4, 0.5) is 30.7 Å². The SMILES string of the molecule is CN1C[C@H]2CC[C@H](O[C@H](CO)c3cc(C(F)(F)F)cc(C(F)(F)F)c3)[C@@H](c3ccc(F)cc3)[C@@H]2C1. The van der Waals surface area contributed by atoms with E-state index in [4.69, 9.17) is 4.74 Å². The fourth-order valence-electron chi connectivity index (χ4n) is 5.57. The van der Waals surface area contributed by atoms with Crippen LogP contribution < -0.4 is 0 Å². The second kappa shape index (κ2) is 9.71. The van der Waals surface area contributed by atoms with Gasteiger partial charge in [-0.15, -0.1) is 0 Å². The number of benzene rings is 2. The Kier molecular flexibility index (Phi) is 7.19. The van der Waals surface area contributed by atoms with Crippen molar-refractivity contribution >= 4 is 0 Å². The van der Waals surface area contributed by atoms with Crippen molar-refractivity contribution in [1.82, 2.24) is 4.90 Å². The van der Waals surface area contributed by atoms with Gasteiger partial charge in [0.25, 0.3) is 0 Å². The topological polar surface area (TPSA) is 32.7 Å². The van der Waals surface area contributed by atoms with Crippen molar-refractivity contribution in [2.24, 2.45) is 11.8 Å². The van der Waals surface area contributed by atoms with Crippen LogP contribution in [0.2, 0.25) is 0 Å². The Balaban J connectivity index is 1.69. The van der Waals surface area contributed by atoms with Crippen molar-refractivity contribution < 1.29 is 40.6 Å². The predicted octanol–water partition coefficient (Wildman–Crippen LogP) is 6.04. The largest absolute Gasteiger partial charge is 0.416 e. The summed E-state index contributed by atoms with van der Waals surface area (Å²) in [7, 11) is 1.98. The quantitative estimate of drug-likeness (QED) is 0.504. The fraction of sp³-hybridized carbons (Fsp3) is 0.520. The molecule has 1 heterocycles. The molecule has 4 rings (SSSR count). The minimum Gasteiger partial charge on any atom is -0.393 e. The lowest BCUT2D eigenvalue weighted by atomic mass is 9.69. The van der Waals surface area contributed by atoms with Crippen LogP contribution >= 0.6 is 0 Å². The summed E-state index contributed by atoms with van der Waals surface area (Å²) in [6, 6.07) is 7.16. The average molecular weight is 505 g/mol. The van der Waals surface area contributed by atoms with Crippen LogP contribution in [0.1, 0.15) is 47.1 Å². The molecule has 2 aliphatic rings. The third-order valence-electron chi connectivity index (χ3n) is 7.10. The summed E-state index contributed by atoms with van der Waals surface area (Å²) in [5.41, 5.74) is -2.52. The number of ether oxygens (including phenoxy) is 1. The van der Waals surface area contributed by atoms with Gasteiger partial charge in [0.2, 0.25) is 0 Å².